The van der Waals surface area contributed by atoms with Crippen LogP contribution in [0.4, 0.5) is 11.8 Å². The molecule has 1 aromatic carbocycles. The Balaban J connectivity index is 2.35. The molecule has 0 atom stereocenters. The number of benzene rings is 1. The average Bonchev–Trinajstić information content (AvgIpc) is 2.25. The third-order valence-corrected chi connectivity index (χ3v) is 2.54. The molecule has 0 bridgehead atoms. The van der Waals surface area contributed by atoms with E-state index in [-0.39, 0.29) is 5.95 Å². The predicted molar refractivity (Wildman–Crippen MR) is 65.1 cm³/mol. The molecule has 0 aliphatic carbocycles. The molecule has 2 aromatic rings. The summed E-state index contributed by atoms with van der Waals surface area (Å²) in [7, 11) is 0. The van der Waals surface area contributed by atoms with Gasteiger partial charge in [0.05, 0.1) is 0 Å². The van der Waals surface area contributed by atoms with E-state index in [0.29, 0.717) is 23.0 Å². The van der Waals surface area contributed by atoms with E-state index in [1.807, 2.05) is 30.3 Å². The molecule has 0 aliphatic rings. The molecule has 4 nitrogen and oxygen atoms in total. The number of anilines is 2. The third kappa shape index (κ3) is 2.23. The molecule has 0 unspecified atom stereocenters. The minimum absolute atomic E-state index is 0.0966. The van der Waals surface area contributed by atoms with Crippen LogP contribution in [0.5, 0.6) is 0 Å². The zero-order valence-electron chi connectivity index (χ0n) is 8.52. The maximum absolute atomic E-state index is 5.97. The van der Waals surface area contributed by atoms with Crippen molar-refractivity contribution in [3.63, 3.8) is 0 Å². The molecule has 1 aromatic heterocycles. The highest BCUT2D eigenvalue weighted by atomic mass is 35.5. The molecule has 1 heterocycles. The zero-order chi connectivity index (χ0) is 11.5. The monoisotopic (exact) mass is 234 g/mol. The first-order valence-electron chi connectivity index (χ1n) is 4.78. The van der Waals surface area contributed by atoms with Gasteiger partial charge in [-0.05, 0) is 5.56 Å². The number of hydrogen-bond donors (Lipinski definition) is 2. The highest BCUT2D eigenvalue weighted by Crippen LogP contribution is 2.22. The normalized spacial score (nSPS) is 10.3. The van der Waals surface area contributed by atoms with Crippen molar-refractivity contribution in [3.8, 4) is 0 Å². The van der Waals surface area contributed by atoms with Crippen molar-refractivity contribution < 1.29 is 0 Å². The molecular weight excluding hydrogens is 224 g/mol. The fraction of sp³-hybridized carbons (Fsp3) is 0.0909. The van der Waals surface area contributed by atoms with Crippen molar-refractivity contribution in [1.82, 2.24) is 9.97 Å². The number of nitrogens with zero attached hydrogens (tertiary/aromatic N) is 2. The molecule has 0 amide bonds. The van der Waals surface area contributed by atoms with Crippen LogP contribution >= 0.6 is 11.6 Å². The summed E-state index contributed by atoms with van der Waals surface area (Å²) in [5.74, 6) is 0.431. The van der Waals surface area contributed by atoms with E-state index in [1.165, 1.54) is 0 Å². The van der Waals surface area contributed by atoms with Gasteiger partial charge in [0.2, 0.25) is 5.95 Å². The van der Waals surface area contributed by atoms with Gasteiger partial charge in [-0.2, -0.15) is 4.98 Å². The average molecular weight is 235 g/mol. The van der Waals surface area contributed by atoms with Crippen LogP contribution in [-0.2, 0) is 6.42 Å². The topological polar surface area (TPSA) is 77.8 Å². The molecule has 0 saturated heterocycles. The van der Waals surface area contributed by atoms with Crippen LogP contribution in [0.2, 0.25) is 5.15 Å². The van der Waals surface area contributed by atoms with Gasteiger partial charge < -0.3 is 11.5 Å². The van der Waals surface area contributed by atoms with Gasteiger partial charge in [-0.3, -0.25) is 0 Å². The quantitative estimate of drug-likeness (QED) is 0.778. The maximum Gasteiger partial charge on any atom is 0.223 e. The summed E-state index contributed by atoms with van der Waals surface area (Å²) in [5.41, 5.74) is 13.0. The molecule has 0 spiro atoms. The zero-order valence-corrected chi connectivity index (χ0v) is 9.28. The second kappa shape index (κ2) is 4.37. The summed E-state index contributed by atoms with van der Waals surface area (Å²) < 4.78 is 0. The summed E-state index contributed by atoms with van der Waals surface area (Å²) >= 11 is 5.97. The molecule has 0 aliphatic heterocycles. The van der Waals surface area contributed by atoms with Crippen molar-refractivity contribution in [2.75, 3.05) is 11.5 Å². The van der Waals surface area contributed by atoms with Gasteiger partial charge >= 0.3 is 0 Å². The van der Waals surface area contributed by atoms with Crippen LogP contribution in [0.3, 0.4) is 0 Å². The highest BCUT2D eigenvalue weighted by Gasteiger charge is 2.09. The largest absolute Gasteiger partial charge is 0.383 e. The molecule has 0 saturated carbocycles. The van der Waals surface area contributed by atoms with Crippen LogP contribution < -0.4 is 11.5 Å². The fourth-order valence-electron chi connectivity index (χ4n) is 1.45. The van der Waals surface area contributed by atoms with Crippen molar-refractivity contribution in [2.45, 2.75) is 6.42 Å². The van der Waals surface area contributed by atoms with E-state index in [9.17, 15) is 0 Å². The second-order valence-corrected chi connectivity index (χ2v) is 3.76. The standard InChI is InChI=1S/C11H11ClN4/c12-9-8(10(13)16-11(14)15-9)6-7-4-2-1-3-5-7/h1-5H,6H2,(H4,13,14,15,16). The number of nitrogens with two attached hydrogens (primary N) is 2. The SMILES string of the molecule is Nc1nc(N)c(Cc2ccccc2)c(Cl)n1. The summed E-state index contributed by atoms with van der Waals surface area (Å²) in [6, 6.07) is 9.85. The Morgan fingerprint density at radius 1 is 1.06 bits per heavy atom. The van der Waals surface area contributed by atoms with Gasteiger partial charge in [-0.25, -0.2) is 4.98 Å². The first kappa shape index (κ1) is 10.7. The van der Waals surface area contributed by atoms with E-state index in [2.05, 4.69) is 9.97 Å². The number of halogens is 1. The number of rotatable bonds is 2. The third-order valence-electron chi connectivity index (χ3n) is 2.23. The van der Waals surface area contributed by atoms with Gasteiger partial charge in [0, 0.05) is 12.0 Å². The smallest absolute Gasteiger partial charge is 0.223 e. The summed E-state index contributed by atoms with van der Waals surface area (Å²) in [5, 5.41) is 0.314. The molecule has 2 rings (SSSR count). The van der Waals surface area contributed by atoms with Gasteiger partial charge in [0.25, 0.3) is 0 Å². The van der Waals surface area contributed by atoms with Crippen molar-refractivity contribution in [1.29, 1.82) is 0 Å². The molecule has 16 heavy (non-hydrogen) atoms. The Bertz CT molecular complexity index is 476. The Morgan fingerprint density at radius 2 is 1.75 bits per heavy atom. The summed E-state index contributed by atoms with van der Waals surface area (Å²) in [4.78, 5) is 7.77. The number of hydrogen-bond acceptors (Lipinski definition) is 4. The van der Waals surface area contributed by atoms with Crippen LogP contribution in [0.15, 0.2) is 30.3 Å². The van der Waals surface area contributed by atoms with Crippen LogP contribution in [-0.4, -0.2) is 9.97 Å². The Labute approximate surface area is 98.3 Å². The summed E-state index contributed by atoms with van der Waals surface area (Å²) in [6.07, 6.45) is 0.603. The van der Waals surface area contributed by atoms with E-state index in [4.69, 9.17) is 23.1 Å². The van der Waals surface area contributed by atoms with Crippen LogP contribution in [0.25, 0.3) is 0 Å². The molecule has 0 fully saturated rings. The molecule has 0 radical (unpaired) electrons. The van der Waals surface area contributed by atoms with Crippen LogP contribution in [0, 0.1) is 0 Å². The Morgan fingerprint density at radius 3 is 2.38 bits per heavy atom. The Kier molecular flexibility index (Phi) is 2.92. The minimum atomic E-state index is 0.0966. The van der Waals surface area contributed by atoms with E-state index in [1.54, 1.807) is 0 Å². The number of aromatic nitrogens is 2. The second-order valence-electron chi connectivity index (χ2n) is 3.40. The van der Waals surface area contributed by atoms with Crippen molar-refractivity contribution in [3.05, 3.63) is 46.6 Å². The van der Waals surface area contributed by atoms with E-state index < -0.39 is 0 Å². The lowest BCUT2D eigenvalue weighted by Gasteiger charge is -2.07. The van der Waals surface area contributed by atoms with Crippen LogP contribution in [0.1, 0.15) is 11.1 Å². The molecule has 4 N–H and O–H groups in total. The lowest BCUT2D eigenvalue weighted by Crippen LogP contribution is -2.05. The molecular formula is C11H11ClN4. The maximum atomic E-state index is 5.97. The predicted octanol–water partition coefficient (Wildman–Crippen LogP) is 1.89. The van der Waals surface area contributed by atoms with Gasteiger partial charge in [0.15, 0.2) is 0 Å². The van der Waals surface area contributed by atoms with Crippen molar-refractivity contribution >= 4 is 23.4 Å². The summed E-state index contributed by atoms with van der Waals surface area (Å²) in [6.45, 7) is 0. The fourth-order valence-corrected chi connectivity index (χ4v) is 1.70. The highest BCUT2D eigenvalue weighted by molar-refractivity contribution is 6.30. The first-order valence-corrected chi connectivity index (χ1v) is 5.16. The number of nitrogen functional groups attached to an aromatic ring is 2. The lowest BCUT2D eigenvalue weighted by atomic mass is 10.1. The first-order chi connectivity index (χ1) is 7.66. The molecule has 5 heteroatoms. The van der Waals surface area contributed by atoms with Gasteiger partial charge in [-0.1, -0.05) is 41.9 Å². The lowest BCUT2D eigenvalue weighted by molar-refractivity contribution is 1.09. The van der Waals surface area contributed by atoms with Gasteiger partial charge in [0.1, 0.15) is 11.0 Å². The van der Waals surface area contributed by atoms with E-state index >= 15 is 0 Å². The molecule has 82 valence electrons. The van der Waals surface area contributed by atoms with E-state index in [0.717, 1.165) is 5.56 Å². The van der Waals surface area contributed by atoms with Gasteiger partial charge in [-0.15, -0.1) is 0 Å². The Hall–Kier alpha value is -1.81. The minimum Gasteiger partial charge on any atom is -0.383 e. The van der Waals surface area contributed by atoms with Crippen molar-refractivity contribution in [2.24, 2.45) is 0 Å².